The molecule has 0 spiro atoms. The molecule has 0 aromatic carbocycles. The van der Waals surface area contributed by atoms with Gasteiger partial charge in [-0.25, -0.2) is 0 Å². The number of nitrogens with zero attached hydrogens (tertiary/aromatic N) is 1. The Morgan fingerprint density at radius 2 is 2.08 bits per heavy atom. The molecule has 2 fully saturated rings. The average Bonchev–Trinajstić information content (AvgIpc) is 2.21. The van der Waals surface area contributed by atoms with E-state index in [2.05, 4.69) is 10.2 Å². The molecule has 1 unspecified atom stereocenters. The number of morpholine rings is 2. The Kier molecular flexibility index (Phi) is 3.55. The van der Waals surface area contributed by atoms with Gasteiger partial charge in [0, 0.05) is 32.7 Å². The minimum absolute atomic E-state index is 0.381. The van der Waals surface area contributed by atoms with Gasteiger partial charge in [0.1, 0.15) is 0 Å². The molecule has 2 aliphatic heterocycles. The van der Waals surface area contributed by atoms with E-state index in [1.54, 1.807) is 0 Å². The fourth-order valence-electron chi connectivity index (χ4n) is 1.81. The van der Waals surface area contributed by atoms with Crippen LogP contribution in [0.15, 0.2) is 0 Å². The van der Waals surface area contributed by atoms with Crippen LogP contribution in [0.2, 0.25) is 0 Å². The molecule has 13 heavy (non-hydrogen) atoms. The van der Waals surface area contributed by atoms with Crippen LogP contribution in [0.3, 0.4) is 0 Å². The van der Waals surface area contributed by atoms with Gasteiger partial charge >= 0.3 is 0 Å². The summed E-state index contributed by atoms with van der Waals surface area (Å²) in [5.41, 5.74) is 0. The van der Waals surface area contributed by atoms with Gasteiger partial charge in [0.05, 0.1) is 25.9 Å². The van der Waals surface area contributed by atoms with Crippen LogP contribution in [0.4, 0.5) is 0 Å². The Balaban J connectivity index is 1.69. The highest BCUT2D eigenvalue weighted by Crippen LogP contribution is 2.02. The second-order valence-corrected chi connectivity index (χ2v) is 3.61. The summed E-state index contributed by atoms with van der Waals surface area (Å²) >= 11 is 0. The lowest BCUT2D eigenvalue weighted by Gasteiger charge is -2.32. The lowest BCUT2D eigenvalue weighted by molar-refractivity contribution is -0.0230. The summed E-state index contributed by atoms with van der Waals surface area (Å²) in [5, 5.41) is 3.34. The van der Waals surface area contributed by atoms with Crippen LogP contribution in [0.25, 0.3) is 0 Å². The zero-order valence-corrected chi connectivity index (χ0v) is 8.00. The van der Waals surface area contributed by atoms with Crippen LogP contribution in [0.5, 0.6) is 0 Å². The highest BCUT2D eigenvalue weighted by atomic mass is 16.5. The van der Waals surface area contributed by atoms with Crippen molar-refractivity contribution in [3.8, 4) is 0 Å². The summed E-state index contributed by atoms with van der Waals surface area (Å²) < 4.78 is 10.9. The van der Waals surface area contributed by atoms with Crippen molar-refractivity contribution in [2.45, 2.75) is 6.10 Å². The molecule has 1 N–H and O–H groups in total. The van der Waals surface area contributed by atoms with Crippen molar-refractivity contribution < 1.29 is 9.47 Å². The van der Waals surface area contributed by atoms with Gasteiger partial charge in [-0.15, -0.1) is 0 Å². The van der Waals surface area contributed by atoms with Crippen LogP contribution in [0, 0.1) is 0 Å². The minimum Gasteiger partial charge on any atom is -0.379 e. The Morgan fingerprint density at radius 1 is 1.23 bits per heavy atom. The zero-order chi connectivity index (χ0) is 8.93. The van der Waals surface area contributed by atoms with Gasteiger partial charge in [0.15, 0.2) is 0 Å². The first-order valence-electron chi connectivity index (χ1n) is 5.07. The molecule has 4 nitrogen and oxygen atoms in total. The Hall–Kier alpha value is -0.160. The van der Waals surface area contributed by atoms with Crippen LogP contribution in [-0.4, -0.2) is 63.5 Å². The van der Waals surface area contributed by atoms with E-state index in [9.17, 15) is 0 Å². The first-order chi connectivity index (χ1) is 6.45. The summed E-state index contributed by atoms with van der Waals surface area (Å²) in [7, 11) is 0. The van der Waals surface area contributed by atoms with E-state index in [-0.39, 0.29) is 0 Å². The molecule has 1 atom stereocenters. The summed E-state index contributed by atoms with van der Waals surface area (Å²) in [5.74, 6) is 0. The molecular weight excluding hydrogens is 168 g/mol. The zero-order valence-electron chi connectivity index (χ0n) is 8.00. The molecule has 76 valence electrons. The third kappa shape index (κ3) is 2.91. The van der Waals surface area contributed by atoms with Gasteiger partial charge in [-0.1, -0.05) is 0 Å². The van der Waals surface area contributed by atoms with Crippen LogP contribution < -0.4 is 5.32 Å². The van der Waals surface area contributed by atoms with E-state index >= 15 is 0 Å². The van der Waals surface area contributed by atoms with Gasteiger partial charge in [0.25, 0.3) is 0 Å². The molecule has 4 heteroatoms. The lowest BCUT2D eigenvalue weighted by atomic mass is 10.2. The molecule has 2 aliphatic rings. The van der Waals surface area contributed by atoms with Crippen molar-refractivity contribution in [2.75, 3.05) is 52.5 Å². The fourth-order valence-corrected chi connectivity index (χ4v) is 1.81. The molecular formula is C9H18N2O2. The lowest BCUT2D eigenvalue weighted by Crippen LogP contribution is -2.48. The van der Waals surface area contributed by atoms with E-state index in [0.29, 0.717) is 6.10 Å². The summed E-state index contributed by atoms with van der Waals surface area (Å²) in [4.78, 5) is 2.42. The maximum atomic E-state index is 5.64. The van der Waals surface area contributed by atoms with E-state index in [1.807, 2.05) is 0 Å². The van der Waals surface area contributed by atoms with Crippen molar-refractivity contribution in [1.29, 1.82) is 0 Å². The number of nitrogens with one attached hydrogen (secondary N) is 1. The smallest absolute Gasteiger partial charge is 0.0826 e. The normalized spacial score (nSPS) is 31.8. The van der Waals surface area contributed by atoms with E-state index in [0.717, 1.165) is 52.5 Å². The molecule has 0 saturated carbocycles. The molecule has 0 aromatic rings. The molecule has 0 bridgehead atoms. The van der Waals surface area contributed by atoms with Crippen molar-refractivity contribution in [1.82, 2.24) is 10.2 Å². The van der Waals surface area contributed by atoms with E-state index < -0.39 is 0 Å². The molecule has 2 rings (SSSR count). The third-order valence-electron chi connectivity index (χ3n) is 2.57. The maximum absolute atomic E-state index is 5.64. The highest BCUT2D eigenvalue weighted by Gasteiger charge is 2.18. The fraction of sp³-hybridized carbons (Fsp3) is 1.00. The van der Waals surface area contributed by atoms with Gasteiger partial charge < -0.3 is 14.8 Å². The Bertz CT molecular complexity index is 127. The van der Waals surface area contributed by atoms with Crippen molar-refractivity contribution in [3.63, 3.8) is 0 Å². The highest BCUT2D eigenvalue weighted by molar-refractivity contribution is 4.73. The average molecular weight is 186 g/mol. The van der Waals surface area contributed by atoms with Gasteiger partial charge in [-0.05, 0) is 0 Å². The monoisotopic (exact) mass is 186 g/mol. The number of hydrogen-bond acceptors (Lipinski definition) is 4. The third-order valence-corrected chi connectivity index (χ3v) is 2.57. The predicted octanol–water partition coefficient (Wildman–Crippen LogP) is -0.693. The molecule has 0 aromatic heterocycles. The second kappa shape index (κ2) is 4.91. The van der Waals surface area contributed by atoms with Crippen LogP contribution in [0.1, 0.15) is 0 Å². The number of hydrogen-bond donors (Lipinski definition) is 1. The first kappa shape index (κ1) is 9.40. The van der Waals surface area contributed by atoms with Crippen LogP contribution in [-0.2, 0) is 9.47 Å². The largest absolute Gasteiger partial charge is 0.379 e. The summed E-state index contributed by atoms with van der Waals surface area (Å²) in [6.07, 6.45) is 0.381. The summed E-state index contributed by atoms with van der Waals surface area (Å²) in [6, 6.07) is 0. The quantitative estimate of drug-likeness (QED) is 0.619. The number of ether oxygens (including phenoxy) is 2. The van der Waals surface area contributed by atoms with E-state index in [1.165, 1.54) is 0 Å². The second-order valence-electron chi connectivity index (χ2n) is 3.61. The van der Waals surface area contributed by atoms with Crippen LogP contribution >= 0.6 is 0 Å². The topological polar surface area (TPSA) is 33.7 Å². The van der Waals surface area contributed by atoms with Crippen molar-refractivity contribution >= 4 is 0 Å². The SMILES string of the molecule is C1COC(CN2CCOCC2)CN1. The molecule has 2 heterocycles. The predicted molar refractivity (Wildman–Crippen MR) is 49.9 cm³/mol. The van der Waals surface area contributed by atoms with Gasteiger partial charge in [-0.2, -0.15) is 0 Å². The minimum atomic E-state index is 0.381. The summed E-state index contributed by atoms with van der Waals surface area (Å²) in [6.45, 7) is 7.77. The maximum Gasteiger partial charge on any atom is 0.0826 e. The van der Waals surface area contributed by atoms with E-state index in [4.69, 9.17) is 9.47 Å². The molecule has 0 radical (unpaired) electrons. The Morgan fingerprint density at radius 3 is 2.77 bits per heavy atom. The molecule has 0 amide bonds. The van der Waals surface area contributed by atoms with Crippen molar-refractivity contribution in [2.24, 2.45) is 0 Å². The van der Waals surface area contributed by atoms with Gasteiger partial charge in [-0.3, -0.25) is 4.90 Å². The Labute approximate surface area is 79.2 Å². The first-order valence-corrected chi connectivity index (χ1v) is 5.07. The van der Waals surface area contributed by atoms with Gasteiger partial charge in [0.2, 0.25) is 0 Å². The molecule has 2 saturated heterocycles. The van der Waals surface area contributed by atoms with Crippen molar-refractivity contribution in [3.05, 3.63) is 0 Å². The number of rotatable bonds is 2. The standard InChI is InChI=1S/C9H18N2O2/c1-4-13-9(7-10-1)8-11-2-5-12-6-3-11/h9-10H,1-8H2. The molecule has 0 aliphatic carbocycles.